The van der Waals surface area contributed by atoms with E-state index in [9.17, 15) is 18.0 Å². The van der Waals surface area contributed by atoms with Crippen LogP contribution in [0.3, 0.4) is 0 Å². The molecular formula is C23H25F3N6O. The summed E-state index contributed by atoms with van der Waals surface area (Å²) in [5.74, 6) is 1.10. The average molecular weight is 458 g/mol. The number of anilines is 2. The van der Waals surface area contributed by atoms with Gasteiger partial charge in [0, 0.05) is 31.7 Å². The van der Waals surface area contributed by atoms with Crippen molar-refractivity contribution in [1.82, 2.24) is 19.5 Å². The molecule has 174 valence electrons. The molecule has 0 saturated carbocycles. The number of aromatic nitrogens is 4. The average Bonchev–Trinajstić information content (AvgIpc) is 2.99. The Morgan fingerprint density at radius 1 is 1.09 bits per heavy atom. The number of fused-ring (bicyclic) bond motifs is 3. The molecule has 1 N–H and O–H groups in total. The van der Waals surface area contributed by atoms with Crippen LogP contribution in [0.25, 0.3) is 11.2 Å². The zero-order valence-electron chi connectivity index (χ0n) is 18.1. The number of benzene rings is 1. The van der Waals surface area contributed by atoms with E-state index in [-0.39, 0.29) is 17.5 Å². The van der Waals surface area contributed by atoms with E-state index in [1.165, 1.54) is 18.6 Å². The molecule has 2 aliphatic rings. The van der Waals surface area contributed by atoms with Crippen molar-refractivity contribution < 1.29 is 18.0 Å². The van der Waals surface area contributed by atoms with Crippen LogP contribution in [0.2, 0.25) is 0 Å². The Kier molecular flexibility index (Phi) is 5.67. The van der Waals surface area contributed by atoms with Crippen LogP contribution in [0.5, 0.6) is 0 Å². The van der Waals surface area contributed by atoms with Crippen LogP contribution >= 0.6 is 0 Å². The predicted octanol–water partition coefficient (Wildman–Crippen LogP) is 4.43. The maximum atomic E-state index is 13.0. The topological polar surface area (TPSA) is 75.9 Å². The highest BCUT2D eigenvalue weighted by atomic mass is 19.4. The van der Waals surface area contributed by atoms with Gasteiger partial charge in [-0.05, 0) is 43.9 Å². The van der Waals surface area contributed by atoms with E-state index in [1.807, 2.05) is 0 Å². The molecule has 1 atom stereocenters. The number of hydrogen-bond donors (Lipinski definition) is 1. The predicted molar refractivity (Wildman–Crippen MR) is 118 cm³/mol. The first-order valence-corrected chi connectivity index (χ1v) is 11.3. The minimum atomic E-state index is -4.45. The lowest BCUT2D eigenvalue weighted by molar-refractivity contribution is -0.137. The van der Waals surface area contributed by atoms with Crippen LogP contribution in [0.4, 0.5) is 24.7 Å². The summed E-state index contributed by atoms with van der Waals surface area (Å²) < 4.78 is 41.2. The second-order valence-corrected chi connectivity index (χ2v) is 8.71. The highest BCUT2D eigenvalue weighted by Gasteiger charge is 2.32. The summed E-state index contributed by atoms with van der Waals surface area (Å²) >= 11 is 0. The molecule has 4 heterocycles. The molecule has 33 heavy (non-hydrogen) atoms. The van der Waals surface area contributed by atoms with Crippen LogP contribution in [-0.2, 0) is 23.9 Å². The van der Waals surface area contributed by atoms with Crippen molar-refractivity contribution in [3.63, 3.8) is 0 Å². The molecule has 2 aromatic heterocycles. The number of alkyl halides is 3. The Morgan fingerprint density at radius 3 is 2.82 bits per heavy atom. The fraction of sp³-hybridized carbons (Fsp3) is 0.478. The highest BCUT2D eigenvalue weighted by molar-refractivity contribution is 5.93. The van der Waals surface area contributed by atoms with Gasteiger partial charge in [0.1, 0.15) is 12.2 Å². The third kappa shape index (κ3) is 4.38. The quantitative estimate of drug-likeness (QED) is 0.629. The first-order chi connectivity index (χ1) is 15.9. The van der Waals surface area contributed by atoms with Gasteiger partial charge >= 0.3 is 6.18 Å². The lowest BCUT2D eigenvalue weighted by atomic mass is 9.97. The summed E-state index contributed by atoms with van der Waals surface area (Å²) in [6.45, 7) is 2.06. The van der Waals surface area contributed by atoms with E-state index in [0.29, 0.717) is 13.0 Å². The third-order valence-electron chi connectivity index (χ3n) is 6.42. The number of imidazole rings is 1. The monoisotopic (exact) mass is 458 g/mol. The van der Waals surface area contributed by atoms with Crippen LogP contribution in [-0.4, -0.2) is 38.5 Å². The maximum Gasteiger partial charge on any atom is 0.416 e. The number of aryl methyl sites for hydroxylation is 2. The van der Waals surface area contributed by atoms with Crippen LogP contribution < -0.4 is 10.2 Å². The molecule has 1 fully saturated rings. The van der Waals surface area contributed by atoms with Gasteiger partial charge in [0.2, 0.25) is 5.91 Å². The zero-order valence-corrected chi connectivity index (χ0v) is 18.1. The molecule has 0 aliphatic carbocycles. The van der Waals surface area contributed by atoms with Crippen molar-refractivity contribution in [2.24, 2.45) is 5.92 Å². The number of amides is 1. The second kappa shape index (κ2) is 8.64. The number of rotatable bonds is 3. The lowest BCUT2D eigenvalue weighted by Gasteiger charge is -2.32. The van der Waals surface area contributed by atoms with Crippen molar-refractivity contribution >= 4 is 28.6 Å². The van der Waals surface area contributed by atoms with Gasteiger partial charge in [0.05, 0.1) is 11.5 Å². The minimum absolute atomic E-state index is 0.147. The first-order valence-electron chi connectivity index (χ1n) is 11.3. The standard InChI is InChI=1S/C23H25F3N6O/c24-23(25,26)16-7-4-8-17(12-16)29-22(33)15-6-5-10-31(13-15)20-19-21(28-14-27-20)32-11-3-1-2-9-18(32)30-19/h4,7-8,12,14-15H,1-3,5-6,9-11,13H2,(H,29,33)/t15-/m1/s1. The maximum absolute atomic E-state index is 13.0. The van der Waals surface area contributed by atoms with Crippen LogP contribution in [0, 0.1) is 5.92 Å². The van der Waals surface area contributed by atoms with Crippen molar-refractivity contribution in [2.45, 2.75) is 51.2 Å². The van der Waals surface area contributed by atoms with E-state index < -0.39 is 11.7 Å². The molecule has 5 rings (SSSR count). The van der Waals surface area contributed by atoms with E-state index in [4.69, 9.17) is 4.98 Å². The van der Waals surface area contributed by atoms with E-state index in [1.54, 1.807) is 6.33 Å². The van der Waals surface area contributed by atoms with Crippen molar-refractivity contribution in [3.05, 3.63) is 42.0 Å². The molecule has 0 spiro atoms. The van der Waals surface area contributed by atoms with E-state index in [2.05, 4.69) is 24.8 Å². The Balaban J connectivity index is 1.35. The Morgan fingerprint density at radius 2 is 1.97 bits per heavy atom. The third-order valence-corrected chi connectivity index (χ3v) is 6.42. The normalized spacial score (nSPS) is 19.2. The van der Waals surface area contributed by atoms with Gasteiger partial charge in [-0.15, -0.1) is 0 Å². The summed E-state index contributed by atoms with van der Waals surface area (Å²) in [5.41, 5.74) is 0.948. The number of hydrogen-bond acceptors (Lipinski definition) is 5. The number of carbonyl (C=O) groups is 1. The van der Waals surface area contributed by atoms with Crippen molar-refractivity contribution in [3.8, 4) is 0 Å². The summed E-state index contributed by atoms with van der Waals surface area (Å²) in [4.78, 5) is 28.8. The molecule has 10 heteroatoms. The van der Waals surface area contributed by atoms with Gasteiger partial charge in [-0.1, -0.05) is 12.5 Å². The fourth-order valence-corrected chi connectivity index (χ4v) is 4.76. The smallest absolute Gasteiger partial charge is 0.354 e. The minimum Gasteiger partial charge on any atom is -0.354 e. The second-order valence-electron chi connectivity index (χ2n) is 8.71. The largest absolute Gasteiger partial charge is 0.416 e. The zero-order chi connectivity index (χ0) is 23.0. The SMILES string of the molecule is O=C(Nc1cccc(C(F)(F)F)c1)[C@@H]1CCCN(c2ncnc3c2nc2n3CCCCC2)C1. The van der Waals surface area contributed by atoms with Crippen molar-refractivity contribution in [2.75, 3.05) is 23.3 Å². The first kappa shape index (κ1) is 21.7. The molecule has 7 nitrogen and oxygen atoms in total. The van der Waals surface area contributed by atoms with Crippen LogP contribution in [0.1, 0.15) is 43.5 Å². The lowest BCUT2D eigenvalue weighted by Crippen LogP contribution is -2.41. The van der Waals surface area contributed by atoms with E-state index in [0.717, 1.165) is 73.7 Å². The van der Waals surface area contributed by atoms with Gasteiger partial charge < -0.3 is 14.8 Å². The van der Waals surface area contributed by atoms with Crippen LogP contribution in [0.15, 0.2) is 30.6 Å². The van der Waals surface area contributed by atoms with Gasteiger partial charge in [0.25, 0.3) is 0 Å². The Hall–Kier alpha value is -3.17. The molecule has 1 aromatic carbocycles. The molecule has 2 aliphatic heterocycles. The van der Waals surface area contributed by atoms with Gasteiger partial charge in [0.15, 0.2) is 17.0 Å². The molecule has 1 saturated heterocycles. The Bertz CT molecular complexity index is 1170. The highest BCUT2D eigenvalue weighted by Crippen LogP contribution is 2.32. The van der Waals surface area contributed by atoms with Crippen molar-refractivity contribution in [1.29, 1.82) is 0 Å². The molecule has 1 amide bonds. The van der Waals surface area contributed by atoms with Gasteiger partial charge in [-0.3, -0.25) is 4.79 Å². The number of carbonyl (C=O) groups excluding carboxylic acids is 1. The molecular weight excluding hydrogens is 433 g/mol. The number of halogens is 3. The summed E-state index contributed by atoms with van der Waals surface area (Å²) in [6, 6.07) is 4.72. The van der Waals surface area contributed by atoms with E-state index >= 15 is 0 Å². The number of nitrogens with one attached hydrogen (secondary N) is 1. The molecule has 0 unspecified atom stereocenters. The molecule has 3 aromatic rings. The summed E-state index contributed by atoms with van der Waals surface area (Å²) in [7, 11) is 0. The fourth-order valence-electron chi connectivity index (χ4n) is 4.76. The van der Waals surface area contributed by atoms with Gasteiger partial charge in [-0.25, -0.2) is 15.0 Å². The van der Waals surface area contributed by atoms with Gasteiger partial charge in [-0.2, -0.15) is 13.2 Å². The Labute approximate surface area is 189 Å². The molecule has 0 radical (unpaired) electrons. The molecule has 0 bridgehead atoms. The number of nitrogens with zero attached hydrogens (tertiary/aromatic N) is 5. The number of piperidine rings is 1. The summed E-state index contributed by atoms with van der Waals surface area (Å²) in [5, 5.41) is 2.66. The summed E-state index contributed by atoms with van der Waals surface area (Å²) in [6.07, 6.45) is 2.82.